The largest absolute Gasteiger partial charge is 0.507 e. The molecule has 0 atom stereocenters. The van der Waals surface area contributed by atoms with E-state index in [-0.39, 0.29) is 11.3 Å². The molecular formula is C15H19NO4. The van der Waals surface area contributed by atoms with E-state index in [0.29, 0.717) is 18.5 Å². The zero-order chi connectivity index (χ0) is 14.9. The molecule has 0 aliphatic carbocycles. The van der Waals surface area contributed by atoms with Gasteiger partial charge in [0.2, 0.25) is 0 Å². The quantitative estimate of drug-likeness (QED) is 0.801. The summed E-state index contributed by atoms with van der Waals surface area (Å²) in [5.41, 5.74) is 1.11. The fourth-order valence-electron chi connectivity index (χ4n) is 2.24. The van der Waals surface area contributed by atoms with Gasteiger partial charge in [0, 0.05) is 6.54 Å². The smallest absolute Gasteiger partial charge is 0.414 e. The molecule has 0 radical (unpaired) electrons. The molecule has 0 spiro atoms. The molecule has 1 N–H and O–H groups in total. The predicted molar refractivity (Wildman–Crippen MR) is 75.4 cm³/mol. The van der Waals surface area contributed by atoms with Crippen molar-refractivity contribution in [3.05, 3.63) is 23.3 Å². The maximum Gasteiger partial charge on any atom is 0.414 e. The van der Waals surface area contributed by atoms with E-state index >= 15 is 0 Å². The molecule has 1 aliphatic heterocycles. The summed E-state index contributed by atoms with van der Waals surface area (Å²) in [5, 5.41) is 9.71. The number of fused-ring (bicyclic) bond motifs is 1. The number of carbonyl (C=O) groups excluding carboxylic acids is 2. The molecule has 0 unspecified atom stereocenters. The number of aryl methyl sites for hydroxylation is 1. The van der Waals surface area contributed by atoms with Crippen molar-refractivity contribution in [3.63, 3.8) is 0 Å². The third-order valence-corrected chi connectivity index (χ3v) is 3.09. The fraction of sp³-hybridized carbons (Fsp3) is 0.467. The summed E-state index contributed by atoms with van der Waals surface area (Å²) in [5.74, 6) is -0.0511. The fourth-order valence-corrected chi connectivity index (χ4v) is 2.24. The highest BCUT2D eigenvalue weighted by molar-refractivity contribution is 5.92. The first kappa shape index (κ1) is 14.4. The van der Waals surface area contributed by atoms with Gasteiger partial charge in [-0.3, -0.25) is 9.69 Å². The Balaban J connectivity index is 2.36. The van der Waals surface area contributed by atoms with Gasteiger partial charge in [-0.05, 0) is 51.3 Å². The van der Waals surface area contributed by atoms with Crippen molar-refractivity contribution in [2.75, 3.05) is 11.4 Å². The van der Waals surface area contributed by atoms with Gasteiger partial charge in [-0.25, -0.2) is 4.79 Å². The topological polar surface area (TPSA) is 66.8 Å². The number of amides is 1. The maximum atomic E-state index is 12.2. The van der Waals surface area contributed by atoms with E-state index < -0.39 is 11.7 Å². The molecule has 1 aliphatic rings. The number of aldehydes is 1. The first-order valence-electron chi connectivity index (χ1n) is 6.63. The number of hydrogen-bond donors (Lipinski definition) is 1. The normalized spacial score (nSPS) is 14.7. The van der Waals surface area contributed by atoms with Crippen LogP contribution in [0.2, 0.25) is 0 Å². The van der Waals surface area contributed by atoms with Crippen molar-refractivity contribution in [2.24, 2.45) is 0 Å². The van der Waals surface area contributed by atoms with Crippen molar-refractivity contribution in [1.29, 1.82) is 0 Å². The highest BCUT2D eigenvalue weighted by Crippen LogP contribution is 2.33. The van der Waals surface area contributed by atoms with E-state index in [1.165, 1.54) is 4.90 Å². The second kappa shape index (κ2) is 5.15. The second-order valence-electron chi connectivity index (χ2n) is 5.89. The zero-order valence-electron chi connectivity index (χ0n) is 12.0. The molecule has 1 heterocycles. The Morgan fingerprint density at radius 1 is 1.40 bits per heavy atom. The standard InChI is InChI=1S/C15H19NO4/c1-15(2,3)20-14(19)16-6-4-5-10-8-13(18)11(9-17)7-12(10)16/h7-9,18H,4-6H2,1-3H3. The number of hydrogen-bond acceptors (Lipinski definition) is 4. The van der Waals surface area contributed by atoms with Gasteiger partial charge in [0.05, 0.1) is 11.3 Å². The molecule has 5 nitrogen and oxygen atoms in total. The van der Waals surface area contributed by atoms with Crippen LogP contribution in [0.5, 0.6) is 5.75 Å². The van der Waals surface area contributed by atoms with Crippen molar-refractivity contribution < 1.29 is 19.4 Å². The highest BCUT2D eigenvalue weighted by Gasteiger charge is 2.28. The molecule has 5 heteroatoms. The summed E-state index contributed by atoms with van der Waals surface area (Å²) in [7, 11) is 0. The minimum atomic E-state index is -0.570. The van der Waals surface area contributed by atoms with Gasteiger partial charge in [0.25, 0.3) is 0 Å². The summed E-state index contributed by atoms with van der Waals surface area (Å²) in [4.78, 5) is 24.7. The lowest BCUT2D eigenvalue weighted by Crippen LogP contribution is -2.39. The van der Waals surface area contributed by atoms with Crippen LogP contribution < -0.4 is 4.90 Å². The average molecular weight is 277 g/mol. The van der Waals surface area contributed by atoms with Gasteiger partial charge in [-0.1, -0.05) is 0 Å². The first-order valence-corrected chi connectivity index (χ1v) is 6.63. The number of aromatic hydroxyl groups is 1. The van der Waals surface area contributed by atoms with Gasteiger partial charge in [0.1, 0.15) is 11.4 Å². The second-order valence-corrected chi connectivity index (χ2v) is 5.89. The number of rotatable bonds is 1. The van der Waals surface area contributed by atoms with Crippen LogP contribution in [0.25, 0.3) is 0 Å². The Morgan fingerprint density at radius 3 is 2.70 bits per heavy atom. The lowest BCUT2D eigenvalue weighted by atomic mass is 9.99. The van der Waals surface area contributed by atoms with Crippen LogP contribution in [0, 0.1) is 0 Å². The molecule has 20 heavy (non-hydrogen) atoms. The summed E-state index contributed by atoms with van der Waals surface area (Å²) in [6.45, 7) is 5.97. The van der Waals surface area contributed by atoms with Crippen LogP contribution in [0.1, 0.15) is 43.1 Å². The Morgan fingerprint density at radius 2 is 2.10 bits per heavy atom. The average Bonchev–Trinajstić information content (AvgIpc) is 2.35. The lowest BCUT2D eigenvalue weighted by molar-refractivity contribution is 0.0577. The summed E-state index contributed by atoms with van der Waals surface area (Å²) < 4.78 is 5.37. The monoisotopic (exact) mass is 277 g/mol. The van der Waals surface area contributed by atoms with Crippen LogP contribution in [-0.4, -0.2) is 29.6 Å². The van der Waals surface area contributed by atoms with E-state index in [2.05, 4.69) is 0 Å². The van der Waals surface area contributed by atoms with Crippen LogP contribution in [0.3, 0.4) is 0 Å². The molecule has 1 aromatic carbocycles. The van der Waals surface area contributed by atoms with E-state index in [1.54, 1.807) is 12.1 Å². The van der Waals surface area contributed by atoms with E-state index in [4.69, 9.17) is 4.74 Å². The van der Waals surface area contributed by atoms with Gasteiger partial charge in [-0.2, -0.15) is 0 Å². The van der Waals surface area contributed by atoms with Gasteiger partial charge in [-0.15, -0.1) is 0 Å². The number of anilines is 1. The molecule has 0 fully saturated rings. The molecule has 1 aromatic rings. The molecule has 0 saturated heterocycles. The van der Waals surface area contributed by atoms with Crippen molar-refractivity contribution in [3.8, 4) is 5.75 Å². The first-order chi connectivity index (χ1) is 9.31. The van der Waals surface area contributed by atoms with Gasteiger partial charge >= 0.3 is 6.09 Å². The number of phenolic OH excluding ortho intramolecular Hbond substituents is 1. The third kappa shape index (κ3) is 2.92. The number of benzene rings is 1. The Labute approximate surface area is 118 Å². The minimum Gasteiger partial charge on any atom is -0.507 e. The number of ether oxygens (including phenoxy) is 1. The third-order valence-electron chi connectivity index (χ3n) is 3.09. The molecule has 2 rings (SSSR count). The Kier molecular flexibility index (Phi) is 3.70. The van der Waals surface area contributed by atoms with E-state index in [1.807, 2.05) is 20.8 Å². The number of carbonyl (C=O) groups is 2. The van der Waals surface area contributed by atoms with Crippen LogP contribution in [0.15, 0.2) is 12.1 Å². The van der Waals surface area contributed by atoms with Crippen LogP contribution >= 0.6 is 0 Å². The Hall–Kier alpha value is -2.04. The van der Waals surface area contributed by atoms with Crippen molar-refractivity contribution in [1.82, 2.24) is 0 Å². The maximum absolute atomic E-state index is 12.2. The molecule has 108 valence electrons. The van der Waals surface area contributed by atoms with Crippen molar-refractivity contribution >= 4 is 18.1 Å². The summed E-state index contributed by atoms with van der Waals surface area (Å²) in [6.07, 6.45) is 1.71. The van der Waals surface area contributed by atoms with Gasteiger partial charge in [0.15, 0.2) is 6.29 Å². The molecular weight excluding hydrogens is 258 g/mol. The molecule has 1 amide bonds. The lowest BCUT2D eigenvalue weighted by Gasteiger charge is -2.32. The minimum absolute atomic E-state index is 0.0511. The van der Waals surface area contributed by atoms with E-state index in [0.717, 1.165) is 18.4 Å². The Bertz CT molecular complexity index is 546. The highest BCUT2D eigenvalue weighted by atomic mass is 16.6. The zero-order valence-corrected chi connectivity index (χ0v) is 12.0. The van der Waals surface area contributed by atoms with E-state index in [9.17, 15) is 14.7 Å². The SMILES string of the molecule is CC(C)(C)OC(=O)N1CCCc2cc(O)c(C=O)cc21. The number of nitrogens with zero attached hydrogens (tertiary/aromatic N) is 1. The van der Waals surface area contributed by atoms with Crippen molar-refractivity contribution in [2.45, 2.75) is 39.2 Å². The van der Waals surface area contributed by atoms with Gasteiger partial charge < -0.3 is 9.84 Å². The van der Waals surface area contributed by atoms with Crippen LogP contribution in [-0.2, 0) is 11.2 Å². The molecule has 0 saturated carbocycles. The summed E-state index contributed by atoms with van der Waals surface area (Å²) in [6, 6.07) is 3.09. The summed E-state index contributed by atoms with van der Waals surface area (Å²) >= 11 is 0. The van der Waals surface area contributed by atoms with Crippen LogP contribution in [0.4, 0.5) is 10.5 Å². The predicted octanol–water partition coefficient (Wildman–Crippen LogP) is 2.89. The molecule has 0 bridgehead atoms. The molecule has 0 aromatic heterocycles. The number of phenols is 1.